The van der Waals surface area contributed by atoms with Crippen molar-refractivity contribution in [3.63, 3.8) is 0 Å². The number of halogens is 3. The highest BCUT2D eigenvalue weighted by atomic mass is 19.4. The monoisotopic (exact) mass is 832 g/mol. The first-order valence-electron chi connectivity index (χ1n) is 20.1. The Morgan fingerprint density at radius 1 is 0.365 bits per heavy atom. The van der Waals surface area contributed by atoms with Crippen molar-refractivity contribution in [2.24, 2.45) is 0 Å². The number of aryl methyl sites for hydroxylation is 4. The molecular weight excluding hydrogens is 798 g/mol. The molecule has 0 unspecified atom stereocenters. The van der Waals surface area contributed by atoms with E-state index in [9.17, 15) is 13.2 Å². The average Bonchev–Trinajstić information content (AvgIpc) is 3.61. The van der Waals surface area contributed by atoms with E-state index in [-0.39, 0.29) is 0 Å². The molecule has 6 aromatic carbocycles. The van der Waals surface area contributed by atoms with Crippen LogP contribution in [0.3, 0.4) is 0 Å². The van der Waals surface area contributed by atoms with E-state index in [0.717, 1.165) is 56.2 Å². The molecule has 13 heteroatoms. The molecule has 63 heavy (non-hydrogen) atoms. The quantitative estimate of drug-likeness (QED) is 0.154. The van der Waals surface area contributed by atoms with E-state index in [0.29, 0.717) is 74.8 Å². The highest BCUT2D eigenvalue weighted by Crippen LogP contribution is 2.41. The molecule has 306 valence electrons. The van der Waals surface area contributed by atoms with Gasteiger partial charge in [-0.2, -0.15) is 13.2 Å². The fraction of sp³-hybridized carbons (Fsp3) is 0.100. The summed E-state index contributed by atoms with van der Waals surface area (Å²) in [5.74, 6) is 4.76. The van der Waals surface area contributed by atoms with E-state index in [1.54, 1.807) is 0 Å². The molecule has 0 radical (unpaired) electrons. The molecular formula is C50H35F3N10. The smallest absolute Gasteiger partial charge is 0.308 e. The van der Waals surface area contributed by atoms with E-state index in [1.165, 1.54) is 12.1 Å². The zero-order valence-corrected chi connectivity index (χ0v) is 34.4. The first-order valence-corrected chi connectivity index (χ1v) is 20.1. The molecule has 0 spiro atoms. The molecule has 4 aromatic heterocycles. The van der Waals surface area contributed by atoms with Gasteiger partial charge in [-0.25, -0.2) is 44.9 Å². The number of nitrogens with zero attached hydrogens (tertiary/aromatic N) is 10. The number of rotatable bonds is 7. The Balaban J connectivity index is 1.31. The number of hydrogen-bond donors (Lipinski definition) is 0. The van der Waals surface area contributed by atoms with Crippen LogP contribution < -0.4 is 0 Å². The summed E-state index contributed by atoms with van der Waals surface area (Å²) in [6.45, 7) is 7.34. The molecule has 0 saturated carbocycles. The van der Waals surface area contributed by atoms with Crippen molar-refractivity contribution in [3.05, 3.63) is 168 Å². The molecule has 10 nitrogen and oxygen atoms in total. The summed E-state index contributed by atoms with van der Waals surface area (Å²) in [5.41, 5.74) is 6.61. The lowest BCUT2D eigenvalue weighted by atomic mass is 10.00. The lowest BCUT2D eigenvalue weighted by molar-refractivity contribution is -0.137. The van der Waals surface area contributed by atoms with Crippen molar-refractivity contribution in [2.75, 3.05) is 0 Å². The fourth-order valence-electron chi connectivity index (χ4n) is 7.91. The summed E-state index contributed by atoms with van der Waals surface area (Å²) >= 11 is 0. The lowest BCUT2D eigenvalue weighted by Crippen LogP contribution is -2.05. The highest BCUT2D eigenvalue weighted by Gasteiger charge is 2.30. The van der Waals surface area contributed by atoms with Crippen molar-refractivity contribution in [1.29, 1.82) is 0 Å². The zero-order chi connectivity index (χ0) is 43.4. The number of aromatic nitrogens is 10. The maximum absolute atomic E-state index is 13.8. The van der Waals surface area contributed by atoms with Gasteiger partial charge in [0, 0.05) is 38.6 Å². The van der Waals surface area contributed by atoms with Gasteiger partial charge in [-0.05, 0) is 75.2 Å². The Morgan fingerprint density at radius 3 is 1.24 bits per heavy atom. The van der Waals surface area contributed by atoms with E-state index >= 15 is 0 Å². The summed E-state index contributed by atoms with van der Waals surface area (Å²) in [7, 11) is 0. The maximum Gasteiger partial charge on any atom is 0.416 e. The number of fused-ring (bicyclic) bond motifs is 3. The normalized spacial score (nSPS) is 11.7. The average molecular weight is 833 g/mol. The summed E-state index contributed by atoms with van der Waals surface area (Å²) in [4.78, 5) is 42.8. The van der Waals surface area contributed by atoms with Crippen LogP contribution in [0, 0.1) is 27.7 Å². The third-order valence-electron chi connectivity index (χ3n) is 10.7. The van der Waals surface area contributed by atoms with Crippen LogP contribution in [0.2, 0.25) is 0 Å². The van der Waals surface area contributed by atoms with Crippen LogP contribution in [0.4, 0.5) is 13.2 Å². The minimum absolute atomic E-state index is 0.395. The summed E-state index contributed by atoms with van der Waals surface area (Å²) in [6.07, 6.45) is -4.48. The lowest BCUT2D eigenvalue weighted by Gasteiger charge is -2.17. The number of alkyl halides is 3. The maximum atomic E-state index is 13.8. The molecule has 0 fully saturated rings. The highest BCUT2D eigenvalue weighted by molar-refractivity contribution is 6.11. The van der Waals surface area contributed by atoms with Crippen LogP contribution in [0.5, 0.6) is 0 Å². The largest absolute Gasteiger partial charge is 0.416 e. The zero-order valence-electron chi connectivity index (χ0n) is 34.4. The molecule has 0 aliphatic rings. The Kier molecular flexibility index (Phi) is 9.58. The molecule has 0 aliphatic heterocycles. The molecule has 0 aliphatic carbocycles. The minimum atomic E-state index is -4.48. The molecule has 0 atom stereocenters. The van der Waals surface area contributed by atoms with Crippen molar-refractivity contribution in [3.8, 4) is 73.8 Å². The molecule has 10 rings (SSSR count). The van der Waals surface area contributed by atoms with Crippen molar-refractivity contribution >= 4 is 21.8 Å². The van der Waals surface area contributed by atoms with E-state index < -0.39 is 11.7 Å². The topological polar surface area (TPSA) is 121 Å². The molecule has 4 heterocycles. The predicted octanol–water partition coefficient (Wildman–Crippen LogP) is 11.6. The summed E-state index contributed by atoms with van der Waals surface area (Å²) < 4.78 is 43.5. The SMILES string of the molecule is Cc1nc(C)nc(-c2ccc3c4ccc(-c5nc(C)nc(C)n5)cc4n(-c4cc(-c5ccc(C(F)(F)F)cc5)ccc4-c4nc(-c5ccccc5)nc(-c5ccccc5)n4)c3c2)n1. The van der Waals surface area contributed by atoms with Crippen LogP contribution in [0.15, 0.2) is 140 Å². The molecule has 0 bridgehead atoms. The van der Waals surface area contributed by atoms with Crippen molar-refractivity contribution < 1.29 is 13.2 Å². The second-order valence-corrected chi connectivity index (χ2v) is 15.2. The van der Waals surface area contributed by atoms with Gasteiger partial charge in [-0.3, -0.25) is 0 Å². The second-order valence-electron chi connectivity index (χ2n) is 15.2. The number of hydrogen-bond acceptors (Lipinski definition) is 9. The fourth-order valence-corrected chi connectivity index (χ4v) is 7.91. The first-order chi connectivity index (χ1) is 30.4. The minimum Gasteiger partial charge on any atom is -0.308 e. The van der Waals surface area contributed by atoms with Gasteiger partial charge in [0.15, 0.2) is 29.1 Å². The van der Waals surface area contributed by atoms with Gasteiger partial charge in [-0.15, -0.1) is 0 Å². The Hall–Kier alpha value is -8.06. The first kappa shape index (κ1) is 39.1. The standard InChI is InChI=1S/C50H35F3N10/c1-28-54-29(2)57-47(56-28)36-18-22-39-40-23-19-37(48-58-30(3)55-31(4)59-48)27-43(40)63(42(39)26-36)44-25-35(32-15-20-38(21-16-32)50(51,52)53)17-24-41(44)49-61-45(33-11-7-5-8-12-33)60-46(62-49)34-13-9-6-10-14-34/h5-27H,1-4H3. The van der Waals surface area contributed by atoms with Gasteiger partial charge in [0.25, 0.3) is 0 Å². The van der Waals surface area contributed by atoms with E-state index in [2.05, 4.69) is 26.7 Å². The summed E-state index contributed by atoms with van der Waals surface area (Å²) in [5, 5.41) is 1.87. The van der Waals surface area contributed by atoms with Crippen molar-refractivity contribution in [2.45, 2.75) is 33.9 Å². The van der Waals surface area contributed by atoms with Crippen LogP contribution in [0.1, 0.15) is 28.9 Å². The van der Waals surface area contributed by atoms with Crippen LogP contribution in [-0.4, -0.2) is 49.4 Å². The van der Waals surface area contributed by atoms with Gasteiger partial charge < -0.3 is 4.57 Å². The van der Waals surface area contributed by atoms with Gasteiger partial charge in [0.1, 0.15) is 23.3 Å². The van der Waals surface area contributed by atoms with Gasteiger partial charge in [0.2, 0.25) is 0 Å². The number of benzene rings is 6. The van der Waals surface area contributed by atoms with Crippen LogP contribution in [0.25, 0.3) is 95.6 Å². The van der Waals surface area contributed by atoms with Gasteiger partial charge in [0.05, 0.1) is 22.3 Å². The molecule has 0 saturated heterocycles. The van der Waals surface area contributed by atoms with Crippen LogP contribution in [-0.2, 0) is 6.18 Å². The van der Waals surface area contributed by atoms with E-state index in [1.807, 2.05) is 131 Å². The Labute approximate surface area is 359 Å². The molecule has 10 aromatic rings. The van der Waals surface area contributed by atoms with E-state index in [4.69, 9.17) is 34.9 Å². The van der Waals surface area contributed by atoms with Crippen molar-refractivity contribution in [1.82, 2.24) is 49.4 Å². The summed E-state index contributed by atoms with van der Waals surface area (Å²) in [6, 6.07) is 42.6. The third-order valence-corrected chi connectivity index (χ3v) is 10.7. The molecule has 0 N–H and O–H groups in total. The Morgan fingerprint density at radius 2 is 0.778 bits per heavy atom. The van der Waals surface area contributed by atoms with Gasteiger partial charge >= 0.3 is 6.18 Å². The predicted molar refractivity (Wildman–Crippen MR) is 238 cm³/mol. The second kappa shape index (κ2) is 15.4. The van der Waals surface area contributed by atoms with Crippen LogP contribution >= 0.6 is 0 Å². The van der Waals surface area contributed by atoms with Gasteiger partial charge in [-0.1, -0.05) is 103 Å². The Bertz CT molecular complexity index is 3160. The third kappa shape index (κ3) is 7.54. The molecule has 0 amide bonds.